The summed E-state index contributed by atoms with van der Waals surface area (Å²) in [6, 6.07) is 13.0. The Hall–Kier alpha value is -2.82. The Balaban J connectivity index is 1.77. The van der Waals surface area contributed by atoms with Crippen molar-refractivity contribution in [2.45, 2.75) is 39.0 Å². The van der Waals surface area contributed by atoms with Crippen LogP contribution in [0, 0.1) is 0 Å². The Morgan fingerprint density at radius 2 is 1.81 bits per heavy atom. The molecule has 0 spiro atoms. The zero-order valence-corrected chi connectivity index (χ0v) is 16.3. The number of hydrogen-bond donors (Lipinski definition) is 1. The van der Waals surface area contributed by atoms with Crippen LogP contribution < -0.4 is 15.0 Å². The summed E-state index contributed by atoms with van der Waals surface area (Å²) >= 11 is 0. The minimum atomic E-state index is -0.178. The first-order chi connectivity index (χ1) is 12.8. The first-order valence-electron chi connectivity index (χ1n) is 9.20. The molecule has 0 atom stereocenters. The molecule has 0 aliphatic carbocycles. The van der Waals surface area contributed by atoms with Crippen molar-refractivity contribution in [3.63, 3.8) is 0 Å². The zero-order chi connectivity index (χ0) is 19.6. The number of nitrogens with zero attached hydrogens (tertiary/aromatic N) is 1. The van der Waals surface area contributed by atoms with Crippen LogP contribution >= 0.6 is 0 Å². The maximum absolute atomic E-state index is 12.6. The van der Waals surface area contributed by atoms with E-state index in [1.165, 1.54) is 5.56 Å². The Morgan fingerprint density at radius 1 is 1.11 bits per heavy atom. The van der Waals surface area contributed by atoms with Gasteiger partial charge in [-0.25, -0.2) is 0 Å². The van der Waals surface area contributed by atoms with Gasteiger partial charge in [0.15, 0.2) is 0 Å². The molecule has 0 aromatic heterocycles. The molecule has 1 heterocycles. The molecular formula is C22H26N2O3. The van der Waals surface area contributed by atoms with Crippen LogP contribution in [0.15, 0.2) is 42.5 Å². The average molecular weight is 366 g/mol. The molecule has 2 aromatic carbocycles. The van der Waals surface area contributed by atoms with Crippen molar-refractivity contribution in [2.24, 2.45) is 0 Å². The van der Waals surface area contributed by atoms with Gasteiger partial charge in [-0.3, -0.25) is 9.59 Å². The summed E-state index contributed by atoms with van der Waals surface area (Å²) in [6.07, 6.45) is 1.41. The molecule has 5 heteroatoms. The van der Waals surface area contributed by atoms with Crippen LogP contribution in [0.2, 0.25) is 0 Å². The Kier molecular flexibility index (Phi) is 5.22. The number of benzene rings is 2. The molecule has 0 saturated carbocycles. The summed E-state index contributed by atoms with van der Waals surface area (Å²) in [5, 5.41) is 2.90. The van der Waals surface area contributed by atoms with E-state index in [0.29, 0.717) is 30.0 Å². The standard InChI is InChI=1S/C22H26N2O3/c1-22(2,3)16-9-7-15(8-10-16)21(26)23-17-11-12-18(19(14-17)27-4)24-13-5-6-20(24)25/h7-12,14H,5-6,13H2,1-4H3,(H,23,26). The summed E-state index contributed by atoms with van der Waals surface area (Å²) < 4.78 is 5.44. The smallest absolute Gasteiger partial charge is 0.255 e. The van der Waals surface area contributed by atoms with Crippen molar-refractivity contribution in [2.75, 3.05) is 23.9 Å². The first-order valence-corrected chi connectivity index (χ1v) is 9.20. The molecule has 1 aliphatic heterocycles. The van der Waals surface area contributed by atoms with E-state index in [-0.39, 0.29) is 17.2 Å². The number of rotatable bonds is 4. The number of hydrogen-bond acceptors (Lipinski definition) is 3. The van der Waals surface area contributed by atoms with E-state index < -0.39 is 0 Å². The van der Waals surface area contributed by atoms with Gasteiger partial charge in [-0.2, -0.15) is 0 Å². The number of amides is 2. The number of carbonyl (C=O) groups is 2. The quantitative estimate of drug-likeness (QED) is 0.874. The van der Waals surface area contributed by atoms with Gasteiger partial charge < -0.3 is 15.0 Å². The minimum Gasteiger partial charge on any atom is -0.494 e. The second-order valence-corrected chi connectivity index (χ2v) is 7.82. The third-order valence-electron chi connectivity index (χ3n) is 4.81. The van der Waals surface area contributed by atoms with E-state index in [2.05, 4.69) is 26.1 Å². The number of anilines is 2. The maximum atomic E-state index is 12.6. The highest BCUT2D eigenvalue weighted by molar-refractivity contribution is 6.05. The molecule has 1 aliphatic rings. The van der Waals surface area contributed by atoms with Gasteiger partial charge in [-0.1, -0.05) is 32.9 Å². The highest BCUT2D eigenvalue weighted by Gasteiger charge is 2.24. The molecule has 27 heavy (non-hydrogen) atoms. The fraction of sp³-hybridized carbons (Fsp3) is 0.364. The topological polar surface area (TPSA) is 58.6 Å². The summed E-state index contributed by atoms with van der Waals surface area (Å²) in [7, 11) is 1.57. The van der Waals surface area contributed by atoms with Crippen molar-refractivity contribution in [3.8, 4) is 5.75 Å². The lowest BCUT2D eigenvalue weighted by Gasteiger charge is -2.20. The number of nitrogens with one attached hydrogen (secondary N) is 1. The van der Waals surface area contributed by atoms with E-state index in [9.17, 15) is 9.59 Å². The third kappa shape index (κ3) is 4.13. The van der Waals surface area contributed by atoms with E-state index in [1.807, 2.05) is 30.3 Å². The summed E-state index contributed by atoms with van der Waals surface area (Å²) in [4.78, 5) is 26.3. The summed E-state index contributed by atoms with van der Waals surface area (Å²) in [5.74, 6) is 0.498. The van der Waals surface area contributed by atoms with Gasteiger partial charge in [0.1, 0.15) is 5.75 Å². The number of carbonyl (C=O) groups excluding carboxylic acids is 2. The van der Waals surface area contributed by atoms with Gasteiger partial charge in [0.05, 0.1) is 12.8 Å². The van der Waals surface area contributed by atoms with E-state index in [1.54, 1.807) is 24.1 Å². The predicted octanol–water partition coefficient (Wildman–Crippen LogP) is 4.37. The molecule has 0 unspecified atom stereocenters. The van der Waals surface area contributed by atoms with E-state index >= 15 is 0 Å². The lowest BCUT2D eigenvalue weighted by molar-refractivity contribution is -0.117. The van der Waals surface area contributed by atoms with E-state index in [4.69, 9.17) is 4.74 Å². The normalized spacial score (nSPS) is 14.4. The van der Waals surface area contributed by atoms with Gasteiger partial charge >= 0.3 is 0 Å². The fourth-order valence-corrected chi connectivity index (χ4v) is 3.21. The maximum Gasteiger partial charge on any atom is 0.255 e. The average Bonchev–Trinajstić information content (AvgIpc) is 3.06. The van der Waals surface area contributed by atoms with Crippen LogP contribution in [0.5, 0.6) is 5.75 Å². The van der Waals surface area contributed by atoms with Crippen molar-refractivity contribution < 1.29 is 14.3 Å². The molecule has 142 valence electrons. The fourth-order valence-electron chi connectivity index (χ4n) is 3.21. The van der Waals surface area contributed by atoms with Crippen LogP contribution in [0.25, 0.3) is 0 Å². The lowest BCUT2D eigenvalue weighted by atomic mass is 9.87. The van der Waals surface area contributed by atoms with Gasteiger partial charge in [-0.15, -0.1) is 0 Å². The molecule has 1 fully saturated rings. The zero-order valence-electron chi connectivity index (χ0n) is 16.3. The Labute approximate surface area is 160 Å². The molecule has 5 nitrogen and oxygen atoms in total. The predicted molar refractivity (Wildman–Crippen MR) is 108 cm³/mol. The van der Waals surface area contributed by atoms with Crippen molar-refractivity contribution in [3.05, 3.63) is 53.6 Å². The molecule has 1 N–H and O–H groups in total. The van der Waals surface area contributed by atoms with Crippen LogP contribution in [-0.2, 0) is 10.2 Å². The van der Waals surface area contributed by atoms with Crippen LogP contribution in [0.4, 0.5) is 11.4 Å². The van der Waals surface area contributed by atoms with Crippen molar-refractivity contribution >= 4 is 23.2 Å². The second-order valence-electron chi connectivity index (χ2n) is 7.82. The monoisotopic (exact) mass is 366 g/mol. The van der Waals surface area contributed by atoms with Gasteiger partial charge in [0, 0.05) is 30.3 Å². The largest absolute Gasteiger partial charge is 0.494 e. The number of ether oxygens (including phenoxy) is 1. The molecule has 0 bridgehead atoms. The van der Waals surface area contributed by atoms with Gasteiger partial charge in [0.2, 0.25) is 5.91 Å². The first kappa shape index (κ1) is 19.0. The molecule has 2 amide bonds. The lowest BCUT2D eigenvalue weighted by Crippen LogP contribution is -2.24. The van der Waals surface area contributed by atoms with Crippen LogP contribution in [-0.4, -0.2) is 25.5 Å². The Bertz CT molecular complexity index is 851. The number of methoxy groups -OCH3 is 1. The highest BCUT2D eigenvalue weighted by atomic mass is 16.5. The minimum absolute atomic E-state index is 0.0468. The summed E-state index contributed by atoms with van der Waals surface area (Å²) in [5.41, 5.74) is 3.20. The third-order valence-corrected chi connectivity index (χ3v) is 4.81. The Morgan fingerprint density at radius 3 is 2.37 bits per heavy atom. The highest BCUT2D eigenvalue weighted by Crippen LogP contribution is 2.34. The summed E-state index contributed by atoms with van der Waals surface area (Å²) in [6.45, 7) is 7.12. The van der Waals surface area contributed by atoms with Crippen LogP contribution in [0.1, 0.15) is 49.5 Å². The second kappa shape index (κ2) is 7.43. The van der Waals surface area contributed by atoms with Crippen LogP contribution in [0.3, 0.4) is 0 Å². The van der Waals surface area contributed by atoms with E-state index in [0.717, 1.165) is 12.1 Å². The van der Waals surface area contributed by atoms with Crippen molar-refractivity contribution in [1.29, 1.82) is 0 Å². The van der Waals surface area contributed by atoms with Crippen molar-refractivity contribution in [1.82, 2.24) is 0 Å². The van der Waals surface area contributed by atoms with Gasteiger partial charge in [-0.05, 0) is 41.7 Å². The van der Waals surface area contributed by atoms with Gasteiger partial charge in [0.25, 0.3) is 5.91 Å². The molecule has 2 aromatic rings. The molecule has 0 radical (unpaired) electrons. The molecular weight excluding hydrogens is 340 g/mol. The molecule has 3 rings (SSSR count). The SMILES string of the molecule is COc1cc(NC(=O)c2ccc(C(C)(C)C)cc2)ccc1N1CCCC1=O. The molecule has 1 saturated heterocycles.